The predicted octanol–water partition coefficient (Wildman–Crippen LogP) is -5.33. The third-order valence-electron chi connectivity index (χ3n) is 4.14. The fraction of sp³-hybridized carbons (Fsp3) is 1.00. The van der Waals surface area contributed by atoms with Crippen LogP contribution in [0.25, 0.3) is 0 Å². The first kappa shape index (κ1) is 17.9. The summed E-state index contributed by atoms with van der Waals surface area (Å²) in [4.78, 5) is 0. The topological polar surface area (TPSA) is 180 Å². The zero-order valence-electron chi connectivity index (χ0n) is 11.6. The van der Waals surface area contributed by atoms with E-state index < -0.39 is 67.6 Å². The summed E-state index contributed by atoms with van der Waals surface area (Å²) in [5.41, 5.74) is 0. The molecule has 22 heavy (non-hydrogen) atoms. The third-order valence-corrected chi connectivity index (χ3v) is 4.14. The van der Waals surface area contributed by atoms with E-state index in [1.807, 2.05) is 0 Å². The van der Waals surface area contributed by atoms with Crippen molar-refractivity contribution in [2.75, 3.05) is 13.2 Å². The normalized spacial score (nSPS) is 51.5. The van der Waals surface area contributed by atoms with Gasteiger partial charge in [-0.2, -0.15) is 0 Å². The van der Waals surface area contributed by atoms with Crippen molar-refractivity contribution in [1.29, 1.82) is 0 Å². The lowest BCUT2D eigenvalue weighted by Crippen LogP contribution is -2.66. The Hall–Kier alpha value is -0.400. The second kappa shape index (κ2) is 7.01. The van der Waals surface area contributed by atoms with Crippen LogP contribution in [-0.2, 0) is 9.47 Å². The molecule has 2 saturated heterocycles. The van der Waals surface area contributed by atoms with E-state index in [4.69, 9.17) is 14.6 Å². The van der Waals surface area contributed by atoms with Crippen LogP contribution < -0.4 is 0 Å². The van der Waals surface area contributed by atoms with Crippen LogP contribution in [0.4, 0.5) is 0 Å². The summed E-state index contributed by atoms with van der Waals surface area (Å²) in [6.07, 6.45) is -15.2. The Morgan fingerprint density at radius 3 is 2.00 bits per heavy atom. The van der Waals surface area contributed by atoms with Gasteiger partial charge in [0.25, 0.3) is 0 Å². The molecule has 8 N–H and O–H groups in total. The largest absolute Gasteiger partial charge is 0.394 e. The highest BCUT2D eigenvalue weighted by atomic mass is 16.6. The first-order valence-corrected chi connectivity index (χ1v) is 6.94. The van der Waals surface area contributed by atoms with E-state index >= 15 is 0 Å². The van der Waals surface area contributed by atoms with Crippen molar-refractivity contribution in [2.24, 2.45) is 0 Å². The Labute approximate surface area is 125 Å². The Balaban J connectivity index is 2.12. The lowest BCUT2D eigenvalue weighted by atomic mass is 9.87. The molecule has 0 amide bonds. The van der Waals surface area contributed by atoms with Gasteiger partial charge in [-0.15, -0.1) is 0 Å². The highest BCUT2D eigenvalue weighted by Crippen LogP contribution is 2.28. The van der Waals surface area contributed by atoms with E-state index in [0.717, 1.165) is 0 Å². The van der Waals surface area contributed by atoms with Gasteiger partial charge in [0.15, 0.2) is 0 Å². The fourth-order valence-electron chi connectivity index (χ4n) is 2.73. The van der Waals surface area contributed by atoms with Crippen LogP contribution in [0.15, 0.2) is 0 Å². The minimum absolute atomic E-state index is 0.350. The molecule has 10 atom stereocenters. The van der Waals surface area contributed by atoms with Gasteiger partial charge in [0.05, 0.1) is 13.2 Å². The minimum atomic E-state index is -1.70. The van der Waals surface area contributed by atoms with E-state index in [2.05, 4.69) is 0 Å². The number of hydrogen-bond acceptors (Lipinski definition) is 10. The summed E-state index contributed by atoms with van der Waals surface area (Å²) >= 11 is 0. The van der Waals surface area contributed by atoms with E-state index in [-0.39, 0.29) is 6.61 Å². The minimum Gasteiger partial charge on any atom is -0.394 e. The molecule has 0 aromatic carbocycles. The summed E-state index contributed by atoms with van der Waals surface area (Å²) in [5.74, 6) is 0. The molecule has 0 aromatic heterocycles. The SMILES string of the molecule is OC[C@H]1O[C@@H](C(O)[C@@H]2OC[C@@H](O)[C@H](O)[C@H]2O)[C@H](O)[C@@H](O)[C@H]1O. The highest BCUT2D eigenvalue weighted by Gasteiger charge is 2.51. The van der Waals surface area contributed by atoms with Gasteiger partial charge < -0.3 is 50.3 Å². The predicted molar refractivity (Wildman–Crippen MR) is 67.5 cm³/mol. The van der Waals surface area contributed by atoms with Crippen molar-refractivity contribution in [1.82, 2.24) is 0 Å². The molecule has 10 heteroatoms. The lowest BCUT2D eigenvalue weighted by molar-refractivity contribution is -0.279. The van der Waals surface area contributed by atoms with Gasteiger partial charge in [0.2, 0.25) is 0 Å². The number of aliphatic hydroxyl groups is 8. The number of aliphatic hydroxyl groups excluding tert-OH is 8. The van der Waals surface area contributed by atoms with Crippen LogP contribution in [0.2, 0.25) is 0 Å². The molecule has 1 unspecified atom stereocenters. The summed E-state index contributed by atoms with van der Waals surface area (Å²) in [5, 5.41) is 77.4. The summed E-state index contributed by atoms with van der Waals surface area (Å²) in [7, 11) is 0. The number of rotatable bonds is 3. The van der Waals surface area contributed by atoms with Gasteiger partial charge >= 0.3 is 0 Å². The van der Waals surface area contributed by atoms with Crippen molar-refractivity contribution in [3.8, 4) is 0 Å². The highest BCUT2D eigenvalue weighted by molar-refractivity contribution is 5.00. The van der Waals surface area contributed by atoms with Crippen LogP contribution >= 0.6 is 0 Å². The van der Waals surface area contributed by atoms with E-state index in [1.54, 1.807) is 0 Å². The number of hydrogen-bond donors (Lipinski definition) is 8. The van der Waals surface area contributed by atoms with Gasteiger partial charge in [-0.1, -0.05) is 0 Å². The molecule has 0 saturated carbocycles. The van der Waals surface area contributed by atoms with E-state index in [9.17, 15) is 35.7 Å². The molecule has 2 aliphatic heterocycles. The van der Waals surface area contributed by atoms with Gasteiger partial charge in [0.1, 0.15) is 61.0 Å². The van der Waals surface area contributed by atoms with Crippen molar-refractivity contribution in [3.05, 3.63) is 0 Å². The van der Waals surface area contributed by atoms with Crippen molar-refractivity contribution >= 4 is 0 Å². The molecular weight excluding hydrogens is 304 g/mol. The summed E-state index contributed by atoms with van der Waals surface area (Å²) in [6.45, 7) is -1.01. The standard InChI is InChI=1S/C12H22O10/c13-1-4-6(16)7(17)9(19)12(22-4)10(20)11-8(18)5(15)3(14)2-21-11/h3-20H,1-2H2/t3-,4-,5+,6+,7+,8-,9-,10?,11-,12-/m1/s1. The van der Waals surface area contributed by atoms with Gasteiger partial charge in [0, 0.05) is 0 Å². The zero-order valence-corrected chi connectivity index (χ0v) is 11.6. The Morgan fingerprint density at radius 2 is 1.41 bits per heavy atom. The maximum atomic E-state index is 10.2. The molecule has 0 radical (unpaired) electrons. The molecule has 2 heterocycles. The molecule has 0 aliphatic carbocycles. The monoisotopic (exact) mass is 326 g/mol. The maximum Gasteiger partial charge on any atom is 0.115 e. The summed E-state index contributed by atoms with van der Waals surface area (Å²) in [6, 6.07) is 0. The zero-order chi connectivity index (χ0) is 16.6. The van der Waals surface area contributed by atoms with E-state index in [1.165, 1.54) is 0 Å². The van der Waals surface area contributed by atoms with Crippen LogP contribution in [-0.4, -0.2) is 115 Å². The van der Waals surface area contributed by atoms with Gasteiger partial charge in [-0.25, -0.2) is 0 Å². The Morgan fingerprint density at radius 1 is 0.818 bits per heavy atom. The molecule has 2 aliphatic rings. The molecular formula is C12H22O10. The quantitative estimate of drug-likeness (QED) is 0.249. The van der Waals surface area contributed by atoms with Crippen LogP contribution in [0.3, 0.4) is 0 Å². The van der Waals surface area contributed by atoms with Crippen molar-refractivity contribution in [2.45, 2.75) is 61.0 Å². The smallest absolute Gasteiger partial charge is 0.115 e. The lowest BCUT2D eigenvalue weighted by Gasteiger charge is -2.45. The maximum absolute atomic E-state index is 10.2. The molecule has 2 fully saturated rings. The average Bonchev–Trinajstić information content (AvgIpc) is 2.50. The van der Waals surface area contributed by atoms with Gasteiger partial charge in [-0.3, -0.25) is 0 Å². The van der Waals surface area contributed by atoms with Crippen LogP contribution in [0.1, 0.15) is 0 Å². The fourth-order valence-corrected chi connectivity index (χ4v) is 2.73. The van der Waals surface area contributed by atoms with Crippen molar-refractivity contribution < 1.29 is 50.3 Å². The number of ether oxygens (including phenoxy) is 2. The van der Waals surface area contributed by atoms with Crippen LogP contribution in [0, 0.1) is 0 Å². The molecule has 10 nitrogen and oxygen atoms in total. The second-order valence-corrected chi connectivity index (χ2v) is 5.63. The van der Waals surface area contributed by atoms with Gasteiger partial charge in [-0.05, 0) is 0 Å². The van der Waals surface area contributed by atoms with E-state index in [0.29, 0.717) is 0 Å². The molecule has 0 aromatic rings. The molecule has 130 valence electrons. The Kier molecular flexibility index (Phi) is 5.72. The second-order valence-electron chi connectivity index (χ2n) is 5.63. The van der Waals surface area contributed by atoms with Crippen LogP contribution in [0.5, 0.6) is 0 Å². The molecule has 2 rings (SSSR count). The molecule has 0 bridgehead atoms. The Bertz CT molecular complexity index is 366. The van der Waals surface area contributed by atoms with Crippen molar-refractivity contribution in [3.63, 3.8) is 0 Å². The molecule has 0 spiro atoms. The first-order chi connectivity index (χ1) is 10.3. The first-order valence-electron chi connectivity index (χ1n) is 6.94. The summed E-state index contributed by atoms with van der Waals surface area (Å²) < 4.78 is 10.2. The average molecular weight is 326 g/mol. The third kappa shape index (κ3) is 3.12.